The van der Waals surface area contributed by atoms with Crippen molar-refractivity contribution < 1.29 is 4.42 Å². The Kier molecular flexibility index (Phi) is 2.99. The number of nitrogens with two attached hydrogens (primary N) is 1. The number of nitrogen functional groups attached to an aromatic ring is 1. The predicted octanol–water partition coefficient (Wildman–Crippen LogP) is 2.92. The largest absolute Gasteiger partial charge is 0.389 e. The van der Waals surface area contributed by atoms with E-state index in [1.54, 1.807) is 6.07 Å². The van der Waals surface area contributed by atoms with E-state index in [4.69, 9.17) is 10.2 Å². The lowest BCUT2D eigenvalue weighted by Crippen LogP contribution is -2.05. The van der Waals surface area contributed by atoms with Crippen LogP contribution in [-0.4, -0.2) is 4.98 Å². The van der Waals surface area contributed by atoms with Crippen molar-refractivity contribution in [3.63, 3.8) is 0 Å². The molecule has 0 radical (unpaired) electrons. The van der Waals surface area contributed by atoms with Crippen LogP contribution in [0.5, 0.6) is 0 Å². The Labute approximate surface area is 115 Å². The summed E-state index contributed by atoms with van der Waals surface area (Å²) in [5, 5.41) is 0.447. The van der Waals surface area contributed by atoms with E-state index in [1.165, 1.54) is 5.56 Å². The first-order valence-electron chi connectivity index (χ1n) is 6.40. The van der Waals surface area contributed by atoms with Gasteiger partial charge in [-0.2, -0.15) is 4.98 Å². The molecule has 0 aliphatic carbocycles. The van der Waals surface area contributed by atoms with E-state index in [2.05, 4.69) is 24.0 Å². The minimum atomic E-state index is -0.452. The van der Waals surface area contributed by atoms with Gasteiger partial charge in [0.15, 0.2) is 0 Å². The molecule has 2 N–H and O–H groups in total. The van der Waals surface area contributed by atoms with E-state index in [1.807, 2.05) is 30.3 Å². The number of hydrogen-bond acceptors (Lipinski definition) is 4. The van der Waals surface area contributed by atoms with Crippen LogP contribution in [0.3, 0.4) is 0 Å². The second kappa shape index (κ2) is 4.81. The van der Waals surface area contributed by atoms with Gasteiger partial charge in [-0.1, -0.05) is 43.3 Å². The van der Waals surface area contributed by atoms with Crippen molar-refractivity contribution in [2.24, 2.45) is 0 Å². The van der Waals surface area contributed by atoms with Crippen molar-refractivity contribution in [1.29, 1.82) is 0 Å². The van der Waals surface area contributed by atoms with Gasteiger partial charge in [0.2, 0.25) is 0 Å². The third-order valence-corrected chi connectivity index (χ3v) is 3.47. The van der Waals surface area contributed by atoms with Gasteiger partial charge < -0.3 is 10.2 Å². The summed E-state index contributed by atoms with van der Waals surface area (Å²) < 4.78 is 4.79. The summed E-state index contributed by atoms with van der Waals surface area (Å²) in [5.74, 6) is 0.218. The molecule has 0 aliphatic heterocycles. The average Bonchev–Trinajstić information content (AvgIpc) is 2.46. The molecular formula is C16H14N2O2. The van der Waals surface area contributed by atoms with E-state index in [0.29, 0.717) is 10.9 Å². The molecule has 1 unspecified atom stereocenters. The molecule has 4 heteroatoms. The highest BCUT2D eigenvalue weighted by atomic mass is 16.4. The molecule has 0 fully saturated rings. The summed E-state index contributed by atoms with van der Waals surface area (Å²) in [6, 6.07) is 15.6. The fraction of sp³-hybridized carbons (Fsp3) is 0.125. The molecule has 0 aliphatic rings. The Morgan fingerprint density at radius 1 is 1.10 bits per heavy atom. The van der Waals surface area contributed by atoms with Crippen LogP contribution in [0.15, 0.2) is 57.7 Å². The molecule has 1 atom stereocenters. The number of nitrogens with zero attached hydrogens (tertiary/aromatic N) is 1. The lowest BCUT2D eigenvalue weighted by Gasteiger charge is -2.12. The number of anilines is 1. The van der Waals surface area contributed by atoms with Crippen LogP contribution in [0.4, 0.5) is 6.01 Å². The van der Waals surface area contributed by atoms with Crippen molar-refractivity contribution >= 4 is 16.9 Å². The summed E-state index contributed by atoms with van der Waals surface area (Å²) in [6.45, 7) is 2.12. The van der Waals surface area contributed by atoms with Crippen molar-refractivity contribution in [2.75, 3.05) is 5.73 Å². The molecule has 2 aromatic carbocycles. The zero-order valence-corrected chi connectivity index (χ0v) is 11.0. The molecule has 3 aromatic rings. The van der Waals surface area contributed by atoms with Crippen LogP contribution in [0.2, 0.25) is 0 Å². The van der Waals surface area contributed by atoms with Gasteiger partial charge in [-0.25, -0.2) is 4.79 Å². The smallest absolute Gasteiger partial charge is 0.348 e. The lowest BCUT2D eigenvalue weighted by molar-refractivity contribution is 0.524. The topological polar surface area (TPSA) is 69.1 Å². The van der Waals surface area contributed by atoms with Crippen molar-refractivity contribution in [3.8, 4) is 0 Å². The monoisotopic (exact) mass is 266 g/mol. The predicted molar refractivity (Wildman–Crippen MR) is 78.7 cm³/mol. The minimum absolute atomic E-state index is 0.105. The SMILES string of the molecule is CC(c1ccccc1)c1ccc2c(=O)oc(N)nc2c1. The molecule has 20 heavy (non-hydrogen) atoms. The second-order valence-corrected chi connectivity index (χ2v) is 4.75. The Morgan fingerprint density at radius 3 is 2.60 bits per heavy atom. The normalized spacial score (nSPS) is 12.4. The number of rotatable bonds is 2. The second-order valence-electron chi connectivity index (χ2n) is 4.75. The molecule has 0 bridgehead atoms. The Balaban J connectivity index is 2.12. The highest BCUT2D eigenvalue weighted by Crippen LogP contribution is 2.25. The van der Waals surface area contributed by atoms with Gasteiger partial charge >= 0.3 is 5.63 Å². The van der Waals surface area contributed by atoms with Crippen molar-refractivity contribution in [1.82, 2.24) is 4.98 Å². The molecule has 1 aromatic heterocycles. The first-order valence-corrected chi connectivity index (χ1v) is 6.40. The number of aromatic nitrogens is 1. The Morgan fingerprint density at radius 2 is 1.85 bits per heavy atom. The van der Waals surface area contributed by atoms with Gasteiger partial charge in [-0.3, -0.25) is 0 Å². The first-order chi connectivity index (χ1) is 9.65. The maximum atomic E-state index is 11.7. The number of hydrogen-bond donors (Lipinski definition) is 1. The molecule has 0 saturated heterocycles. The van der Waals surface area contributed by atoms with Crippen LogP contribution < -0.4 is 11.4 Å². The zero-order valence-electron chi connectivity index (χ0n) is 11.0. The maximum absolute atomic E-state index is 11.7. The maximum Gasteiger partial charge on any atom is 0.348 e. The molecule has 4 nitrogen and oxygen atoms in total. The van der Waals surface area contributed by atoms with Gasteiger partial charge in [0.05, 0.1) is 10.9 Å². The van der Waals surface area contributed by atoms with Crippen LogP contribution in [-0.2, 0) is 0 Å². The molecular weight excluding hydrogens is 252 g/mol. The lowest BCUT2D eigenvalue weighted by atomic mass is 9.93. The summed E-state index contributed by atoms with van der Waals surface area (Å²) in [5.41, 5.74) is 7.90. The third kappa shape index (κ3) is 2.16. The third-order valence-electron chi connectivity index (χ3n) is 3.47. The van der Waals surface area contributed by atoms with Crippen LogP contribution in [0.25, 0.3) is 10.9 Å². The number of fused-ring (bicyclic) bond motifs is 1. The van der Waals surface area contributed by atoms with Crippen LogP contribution in [0, 0.1) is 0 Å². The summed E-state index contributed by atoms with van der Waals surface area (Å²) in [4.78, 5) is 15.7. The summed E-state index contributed by atoms with van der Waals surface area (Å²) in [6.07, 6.45) is 0. The fourth-order valence-corrected chi connectivity index (χ4v) is 2.31. The van der Waals surface area contributed by atoms with E-state index in [0.717, 1.165) is 5.56 Å². The highest BCUT2D eigenvalue weighted by Gasteiger charge is 2.11. The fourth-order valence-electron chi connectivity index (χ4n) is 2.31. The van der Waals surface area contributed by atoms with Gasteiger partial charge in [0.1, 0.15) is 0 Å². The molecule has 0 spiro atoms. The summed E-state index contributed by atoms with van der Waals surface area (Å²) in [7, 11) is 0. The van der Waals surface area contributed by atoms with Crippen molar-refractivity contribution in [3.05, 3.63) is 70.1 Å². The highest BCUT2D eigenvalue weighted by molar-refractivity contribution is 5.78. The molecule has 3 rings (SSSR count). The van der Waals surface area contributed by atoms with E-state index in [-0.39, 0.29) is 11.9 Å². The number of benzene rings is 2. The van der Waals surface area contributed by atoms with Crippen LogP contribution in [0.1, 0.15) is 24.0 Å². The van der Waals surface area contributed by atoms with E-state index >= 15 is 0 Å². The van der Waals surface area contributed by atoms with E-state index in [9.17, 15) is 4.79 Å². The summed E-state index contributed by atoms with van der Waals surface area (Å²) >= 11 is 0. The quantitative estimate of drug-likeness (QED) is 0.774. The van der Waals surface area contributed by atoms with Crippen LogP contribution >= 0.6 is 0 Å². The van der Waals surface area contributed by atoms with Gasteiger partial charge in [0, 0.05) is 5.92 Å². The molecule has 0 saturated carbocycles. The Hall–Kier alpha value is -2.62. The molecule has 0 amide bonds. The Bertz CT molecular complexity index is 810. The average molecular weight is 266 g/mol. The van der Waals surface area contributed by atoms with Gasteiger partial charge in [-0.15, -0.1) is 0 Å². The standard InChI is InChI=1S/C16H14N2O2/c1-10(11-5-3-2-4-6-11)12-7-8-13-14(9-12)18-16(17)20-15(13)19/h2-10H,1H3,(H2,17,18). The zero-order chi connectivity index (χ0) is 14.1. The van der Waals surface area contributed by atoms with Gasteiger partial charge in [-0.05, 0) is 23.3 Å². The minimum Gasteiger partial charge on any atom is -0.389 e. The van der Waals surface area contributed by atoms with Gasteiger partial charge in [0.25, 0.3) is 6.01 Å². The molecule has 100 valence electrons. The van der Waals surface area contributed by atoms with Crippen molar-refractivity contribution in [2.45, 2.75) is 12.8 Å². The first kappa shape index (κ1) is 12.4. The van der Waals surface area contributed by atoms with E-state index < -0.39 is 5.63 Å². The molecule has 1 heterocycles.